The number of benzene rings is 1. The van der Waals surface area contributed by atoms with Crippen LogP contribution in [0.1, 0.15) is 12.0 Å². The summed E-state index contributed by atoms with van der Waals surface area (Å²) in [5.41, 5.74) is 1.23. The van der Waals surface area contributed by atoms with Crippen LogP contribution in [-0.4, -0.2) is 66.9 Å². The highest BCUT2D eigenvalue weighted by Gasteiger charge is 2.31. The number of nitrogens with zero attached hydrogens (tertiary/aromatic N) is 3. The molecule has 2 aliphatic rings. The minimum absolute atomic E-state index is 0.318. The fourth-order valence-corrected chi connectivity index (χ4v) is 3.33. The first-order chi connectivity index (χ1) is 10.2. The number of hydrogen-bond donors (Lipinski definition) is 0. The first kappa shape index (κ1) is 14.5. The normalized spacial score (nSPS) is 24.7. The van der Waals surface area contributed by atoms with Gasteiger partial charge in [-0.05, 0) is 18.5 Å². The van der Waals surface area contributed by atoms with Crippen LogP contribution in [0.15, 0.2) is 30.3 Å². The lowest BCUT2D eigenvalue weighted by atomic mass is 10.1. The molecule has 0 aromatic heterocycles. The van der Waals surface area contributed by atoms with Crippen LogP contribution in [0, 0.1) is 5.92 Å². The summed E-state index contributed by atoms with van der Waals surface area (Å²) < 4.78 is 0. The van der Waals surface area contributed by atoms with Crippen molar-refractivity contribution in [1.29, 1.82) is 0 Å². The van der Waals surface area contributed by atoms with Crippen LogP contribution in [0.3, 0.4) is 0 Å². The van der Waals surface area contributed by atoms with Gasteiger partial charge in [0.15, 0.2) is 0 Å². The Morgan fingerprint density at radius 3 is 2.52 bits per heavy atom. The molecule has 1 aromatic rings. The van der Waals surface area contributed by atoms with Gasteiger partial charge in [-0.1, -0.05) is 30.3 Å². The van der Waals surface area contributed by atoms with Gasteiger partial charge < -0.3 is 14.7 Å². The molecule has 2 heterocycles. The molecule has 0 aliphatic carbocycles. The molecule has 4 heteroatoms. The van der Waals surface area contributed by atoms with Gasteiger partial charge in [0.05, 0.1) is 0 Å². The number of likely N-dealkylation sites (tertiary alicyclic amines) is 1. The third kappa shape index (κ3) is 3.83. The third-order valence-electron chi connectivity index (χ3n) is 4.62. The summed E-state index contributed by atoms with van der Waals surface area (Å²) in [6.07, 6.45) is 0.721. The molecular formula is C17H25N3O. The van der Waals surface area contributed by atoms with Gasteiger partial charge in [0.25, 0.3) is 0 Å². The number of rotatable bonds is 4. The van der Waals surface area contributed by atoms with Gasteiger partial charge in [-0.2, -0.15) is 0 Å². The predicted molar refractivity (Wildman–Crippen MR) is 83.9 cm³/mol. The van der Waals surface area contributed by atoms with Crippen molar-refractivity contribution in [3.05, 3.63) is 35.9 Å². The first-order valence-corrected chi connectivity index (χ1v) is 7.93. The summed E-state index contributed by atoms with van der Waals surface area (Å²) in [7, 11) is 2.18. The Kier molecular flexibility index (Phi) is 4.56. The maximum absolute atomic E-state index is 12.2. The lowest BCUT2D eigenvalue weighted by Crippen LogP contribution is -2.46. The molecule has 3 rings (SSSR count). The summed E-state index contributed by atoms with van der Waals surface area (Å²) >= 11 is 0. The van der Waals surface area contributed by atoms with Crippen molar-refractivity contribution in [2.24, 2.45) is 5.92 Å². The number of hydrogen-bond acceptors (Lipinski definition) is 3. The minimum Gasteiger partial charge on any atom is -0.338 e. The average molecular weight is 287 g/mol. The summed E-state index contributed by atoms with van der Waals surface area (Å²) in [4.78, 5) is 19.1. The van der Waals surface area contributed by atoms with E-state index in [2.05, 4.69) is 29.0 Å². The van der Waals surface area contributed by atoms with E-state index >= 15 is 0 Å². The van der Waals surface area contributed by atoms with Crippen LogP contribution in [0.4, 0.5) is 0 Å². The van der Waals surface area contributed by atoms with Crippen LogP contribution >= 0.6 is 0 Å². The Bertz CT molecular complexity index is 468. The highest BCUT2D eigenvalue weighted by atomic mass is 16.2. The zero-order valence-corrected chi connectivity index (χ0v) is 12.9. The molecule has 0 radical (unpaired) electrons. The fourth-order valence-electron chi connectivity index (χ4n) is 3.33. The van der Waals surface area contributed by atoms with Gasteiger partial charge in [-0.3, -0.25) is 4.79 Å². The molecule has 1 unspecified atom stereocenters. The molecule has 2 aliphatic heterocycles. The molecule has 2 saturated heterocycles. The Hall–Kier alpha value is -1.39. The van der Waals surface area contributed by atoms with Gasteiger partial charge in [-0.15, -0.1) is 0 Å². The van der Waals surface area contributed by atoms with Gasteiger partial charge in [0.2, 0.25) is 5.91 Å². The van der Waals surface area contributed by atoms with Gasteiger partial charge in [0.1, 0.15) is 0 Å². The quantitative estimate of drug-likeness (QED) is 0.835. The van der Waals surface area contributed by atoms with Gasteiger partial charge in [-0.25, -0.2) is 0 Å². The SMILES string of the molecule is CN1CCN(CC2CC(=O)N(Cc3ccccc3)C2)CC1. The molecule has 1 amide bonds. The van der Waals surface area contributed by atoms with E-state index < -0.39 is 0 Å². The second-order valence-corrected chi connectivity index (χ2v) is 6.43. The van der Waals surface area contributed by atoms with E-state index in [1.165, 1.54) is 5.56 Å². The van der Waals surface area contributed by atoms with Crippen LogP contribution in [-0.2, 0) is 11.3 Å². The maximum Gasteiger partial charge on any atom is 0.223 e. The van der Waals surface area contributed by atoms with Gasteiger partial charge >= 0.3 is 0 Å². The average Bonchev–Trinajstić information content (AvgIpc) is 2.82. The zero-order chi connectivity index (χ0) is 14.7. The molecule has 2 fully saturated rings. The second-order valence-electron chi connectivity index (χ2n) is 6.43. The van der Waals surface area contributed by atoms with E-state index in [1.54, 1.807) is 0 Å². The molecule has 1 aromatic carbocycles. The number of piperazine rings is 1. The molecule has 0 spiro atoms. The van der Waals surface area contributed by atoms with Crippen molar-refractivity contribution in [1.82, 2.24) is 14.7 Å². The molecule has 0 N–H and O–H groups in total. The second kappa shape index (κ2) is 6.58. The maximum atomic E-state index is 12.2. The Balaban J connectivity index is 1.50. The van der Waals surface area contributed by atoms with Crippen molar-refractivity contribution in [2.45, 2.75) is 13.0 Å². The van der Waals surface area contributed by atoms with Crippen LogP contribution in [0.25, 0.3) is 0 Å². The predicted octanol–water partition coefficient (Wildman–Crippen LogP) is 1.28. The number of carbonyl (C=O) groups excluding carboxylic acids is 1. The Morgan fingerprint density at radius 2 is 1.81 bits per heavy atom. The van der Waals surface area contributed by atoms with E-state index in [0.717, 1.165) is 52.2 Å². The summed E-state index contributed by atoms with van der Waals surface area (Å²) in [5, 5.41) is 0. The van der Waals surface area contributed by atoms with Crippen LogP contribution in [0.5, 0.6) is 0 Å². The Morgan fingerprint density at radius 1 is 1.10 bits per heavy atom. The largest absolute Gasteiger partial charge is 0.338 e. The van der Waals surface area contributed by atoms with Crippen LogP contribution in [0.2, 0.25) is 0 Å². The van der Waals surface area contributed by atoms with Crippen molar-refractivity contribution in [2.75, 3.05) is 46.3 Å². The minimum atomic E-state index is 0.318. The number of amides is 1. The summed E-state index contributed by atoms with van der Waals surface area (Å²) in [5.74, 6) is 0.822. The Labute approximate surface area is 127 Å². The third-order valence-corrected chi connectivity index (χ3v) is 4.62. The van der Waals surface area contributed by atoms with E-state index in [0.29, 0.717) is 11.8 Å². The topological polar surface area (TPSA) is 26.8 Å². The molecule has 114 valence electrons. The lowest BCUT2D eigenvalue weighted by molar-refractivity contribution is -0.128. The highest BCUT2D eigenvalue weighted by Crippen LogP contribution is 2.21. The highest BCUT2D eigenvalue weighted by molar-refractivity contribution is 5.78. The van der Waals surface area contributed by atoms with Crippen molar-refractivity contribution in [3.63, 3.8) is 0 Å². The first-order valence-electron chi connectivity index (χ1n) is 7.93. The molecule has 0 bridgehead atoms. The van der Waals surface area contributed by atoms with Crippen molar-refractivity contribution >= 4 is 5.91 Å². The number of carbonyl (C=O) groups is 1. The van der Waals surface area contributed by atoms with Gasteiger partial charge in [0, 0.05) is 52.2 Å². The lowest BCUT2D eigenvalue weighted by Gasteiger charge is -2.33. The van der Waals surface area contributed by atoms with E-state index in [9.17, 15) is 4.79 Å². The standard InChI is InChI=1S/C17H25N3O/c1-18-7-9-19(10-8-18)12-16-11-17(21)20(14-16)13-15-5-3-2-4-6-15/h2-6,16H,7-14H2,1H3. The molecule has 4 nitrogen and oxygen atoms in total. The van der Waals surface area contributed by atoms with Crippen molar-refractivity contribution in [3.8, 4) is 0 Å². The zero-order valence-electron chi connectivity index (χ0n) is 12.9. The van der Waals surface area contributed by atoms with E-state index in [1.807, 2.05) is 23.1 Å². The fraction of sp³-hybridized carbons (Fsp3) is 0.588. The molecule has 1 atom stereocenters. The molecule has 0 saturated carbocycles. The van der Waals surface area contributed by atoms with Crippen LogP contribution < -0.4 is 0 Å². The smallest absolute Gasteiger partial charge is 0.223 e. The summed E-state index contributed by atoms with van der Waals surface area (Å²) in [6.45, 7) is 7.33. The molecule has 21 heavy (non-hydrogen) atoms. The summed E-state index contributed by atoms with van der Waals surface area (Å²) in [6, 6.07) is 10.3. The van der Waals surface area contributed by atoms with E-state index in [4.69, 9.17) is 0 Å². The molecular weight excluding hydrogens is 262 g/mol. The van der Waals surface area contributed by atoms with E-state index in [-0.39, 0.29) is 0 Å². The monoisotopic (exact) mass is 287 g/mol. The van der Waals surface area contributed by atoms with Crippen molar-refractivity contribution < 1.29 is 4.79 Å². The number of likely N-dealkylation sites (N-methyl/N-ethyl adjacent to an activating group) is 1.